The van der Waals surface area contributed by atoms with Gasteiger partial charge in [-0.2, -0.15) is 5.10 Å². The first-order chi connectivity index (χ1) is 13.6. The first kappa shape index (κ1) is 17.1. The van der Waals surface area contributed by atoms with E-state index >= 15 is 0 Å². The second kappa shape index (κ2) is 6.52. The average molecular weight is 384 g/mol. The highest BCUT2D eigenvalue weighted by atomic mass is 19.3. The molecule has 0 saturated carbocycles. The van der Waals surface area contributed by atoms with Gasteiger partial charge in [0.15, 0.2) is 11.4 Å². The second-order valence-electron chi connectivity index (χ2n) is 7.07. The lowest BCUT2D eigenvalue weighted by atomic mass is 10.1. The molecule has 2 N–H and O–H groups in total. The van der Waals surface area contributed by atoms with Gasteiger partial charge in [0.25, 0.3) is 5.92 Å². The third kappa shape index (κ3) is 3.18. The first-order valence-electron chi connectivity index (χ1n) is 9.12. The third-order valence-electron chi connectivity index (χ3n) is 5.09. The maximum Gasteiger partial charge on any atom is 0.250 e. The maximum absolute atomic E-state index is 13.3. The molecule has 1 saturated heterocycles. The van der Waals surface area contributed by atoms with Crippen LogP contribution in [0.1, 0.15) is 18.5 Å². The predicted molar refractivity (Wildman–Crippen MR) is 101 cm³/mol. The van der Waals surface area contributed by atoms with Gasteiger partial charge in [0.05, 0.1) is 5.52 Å². The highest BCUT2D eigenvalue weighted by Crippen LogP contribution is 2.30. The van der Waals surface area contributed by atoms with Gasteiger partial charge in [0, 0.05) is 55.8 Å². The van der Waals surface area contributed by atoms with Gasteiger partial charge in [-0.1, -0.05) is 5.16 Å². The molecule has 28 heavy (non-hydrogen) atoms. The Labute approximate surface area is 158 Å². The van der Waals surface area contributed by atoms with Gasteiger partial charge in [0.1, 0.15) is 11.2 Å². The Kier molecular flexibility index (Phi) is 3.97. The van der Waals surface area contributed by atoms with E-state index in [1.54, 1.807) is 6.20 Å². The number of aromatic amines is 1. The summed E-state index contributed by atoms with van der Waals surface area (Å²) in [6, 6.07) is 9.43. The minimum Gasteiger partial charge on any atom is -0.356 e. The number of rotatable bonds is 4. The number of fused-ring (bicyclic) bond motifs is 2. The highest BCUT2D eigenvalue weighted by Gasteiger charge is 2.34. The lowest BCUT2D eigenvalue weighted by Crippen LogP contribution is -2.38. The molecule has 0 bridgehead atoms. The standard InChI is InChI=1S/C19H18F2N6O/c20-19(21)5-8-27(9-6-19)11-15-13-4-3-12(10-16(13)28-26-15)23-18-17-14(24-25-18)2-1-7-22-17/h1-4,7,10H,5-6,8-9,11H2,(H2,23,24,25). The number of aromatic nitrogens is 4. The Bertz CT molecular complexity index is 1130. The highest BCUT2D eigenvalue weighted by molar-refractivity contribution is 5.89. The van der Waals surface area contributed by atoms with Gasteiger partial charge in [-0.05, 0) is 24.3 Å². The van der Waals surface area contributed by atoms with Crippen molar-refractivity contribution in [1.29, 1.82) is 0 Å². The van der Waals surface area contributed by atoms with Crippen molar-refractivity contribution in [3.05, 3.63) is 42.2 Å². The van der Waals surface area contributed by atoms with E-state index in [0.717, 1.165) is 27.8 Å². The van der Waals surface area contributed by atoms with E-state index in [1.165, 1.54) is 0 Å². The van der Waals surface area contributed by atoms with Crippen LogP contribution >= 0.6 is 0 Å². The van der Waals surface area contributed by atoms with Gasteiger partial charge in [-0.3, -0.25) is 15.0 Å². The van der Waals surface area contributed by atoms with Crippen molar-refractivity contribution in [2.75, 3.05) is 18.4 Å². The molecule has 0 radical (unpaired) electrons. The summed E-state index contributed by atoms with van der Waals surface area (Å²) in [6.07, 6.45) is 1.50. The Hall–Kier alpha value is -3.07. The molecule has 4 aromatic rings. The average Bonchev–Trinajstić information content (AvgIpc) is 3.28. The molecule has 0 amide bonds. The van der Waals surface area contributed by atoms with Crippen molar-refractivity contribution >= 4 is 33.5 Å². The van der Waals surface area contributed by atoms with Crippen molar-refractivity contribution in [3.63, 3.8) is 0 Å². The normalized spacial score (nSPS) is 17.4. The van der Waals surface area contributed by atoms with Crippen molar-refractivity contribution in [2.24, 2.45) is 0 Å². The number of benzene rings is 1. The van der Waals surface area contributed by atoms with Crippen LogP contribution in [0.4, 0.5) is 20.3 Å². The summed E-state index contributed by atoms with van der Waals surface area (Å²) in [6.45, 7) is 1.23. The molecule has 3 aromatic heterocycles. The fourth-order valence-electron chi connectivity index (χ4n) is 3.51. The minimum atomic E-state index is -2.55. The van der Waals surface area contributed by atoms with E-state index in [4.69, 9.17) is 4.52 Å². The number of hydrogen-bond donors (Lipinski definition) is 2. The first-order valence-corrected chi connectivity index (χ1v) is 9.12. The SMILES string of the molecule is FC1(F)CCN(Cc2noc3cc(Nc4n[nH]c5cccnc45)ccc23)CC1. The molecule has 1 aliphatic heterocycles. The van der Waals surface area contributed by atoms with Crippen LogP contribution in [0.3, 0.4) is 0 Å². The third-order valence-corrected chi connectivity index (χ3v) is 5.09. The molecule has 1 fully saturated rings. The summed E-state index contributed by atoms with van der Waals surface area (Å²) >= 11 is 0. The van der Waals surface area contributed by atoms with Crippen LogP contribution < -0.4 is 5.32 Å². The van der Waals surface area contributed by atoms with E-state index in [9.17, 15) is 8.78 Å². The van der Waals surface area contributed by atoms with Crippen molar-refractivity contribution in [3.8, 4) is 0 Å². The van der Waals surface area contributed by atoms with Gasteiger partial charge in [0.2, 0.25) is 0 Å². The van der Waals surface area contributed by atoms with E-state index in [0.29, 0.717) is 31.0 Å². The summed E-state index contributed by atoms with van der Waals surface area (Å²) < 4.78 is 32.1. The number of H-pyrrole nitrogens is 1. The number of nitrogens with zero attached hydrogens (tertiary/aromatic N) is 4. The Balaban J connectivity index is 1.35. The van der Waals surface area contributed by atoms with E-state index in [1.807, 2.05) is 35.2 Å². The quantitative estimate of drug-likeness (QED) is 0.552. The zero-order chi connectivity index (χ0) is 19.1. The Morgan fingerprint density at radius 3 is 2.93 bits per heavy atom. The van der Waals surface area contributed by atoms with E-state index in [2.05, 4.69) is 25.7 Å². The zero-order valence-electron chi connectivity index (χ0n) is 15.0. The molecule has 7 nitrogen and oxygen atoms in total. The van der Waals surface area contributed by atoms with Crippen LogP contribution in [0.5, 0.6) is 0 Å². The maximum atomic E-state index is 13.3. The lowest BCUT2D eigenvalue weighted by Gasteiger charge is -2.30. The van der Waals surface area contributed by atoms with Gasteiger partial charge in [-0.15, -0.1) is 0 Å². The molecule has 4 heterocycles. The van der Waals surface area contributed by atoms with E-state index < -0.39 is 5.92 Å². The van der Waals surface area contributed by atoms with Gasteiger partial charge in [-0.25, -0.2) is 8.78 Å². The summed E-state index contributed by atoms with van der Waals surface area (Å²) in [7, 11) is 0. The number of piperidine rings is 1. The van der Waals surface area contributed by atoms with Crippen LogP contribution in [-0.2, 0) is 6.54 Å². The largest absolute Gasteiger partial charge is 0.356 e. The van der Waals surface area contributed by atoms with Gasteiger partial charge < -0.3 is 9.84 Å². The molecule has 1 aliphatic rings. The predicted octanol–water partition coefficient (Wildman–Crippen LogP) is 4.07. The lowest BCUT2D eigenvalue weighted by molar-refractivity contribution is -0.0568. The zero-order valence-corrected chi connectivity index (χ0v) is 15.0. The van der Waals surface area contributed by atoms with Crippen LogP contribution in [0.15, 0.2) is 41.1 Å². The molecular formula is C19H18F2N6O. The topological polar surface area (TPSA) is 82.9 Å². The summed E-state index contributed by atoms with van der Waals surface area (Å²) in [5.74, 6) is -1.92. The molecule has 0 spiro atoms. The number of alkyl halides is 2. The molecule has 0 aliphatic carbocycles. The van der Waals surface area contributed by atoms with Crippen LogP contribution in [0.2, 0.25) is 0 Å². The fraction of sp³-hybridized carbons (Fsp3) is 0.316. The molecule has 1 aromatic carbocycles. The van der Waals surface area contributed by atoms with E-state index in [-0.39, 0.29) is 12.8 Å². The summed E-state index contributed by atoms with van der Waals surface area (Å²) in [4.78, 5) is 6.32. The molecular weight excluding hydrogens is 366 g/mol. The smallest absolute Gasteiger partial charge is 0.250 e. The van der Waals surface area contributed by atoms with Crippen LogP contribution in [-0.4, -0.2) is 44.2 Å². The van der Waals surface area contributed by atoms with Crippen molar-refractivity contribution in [2.45, 2.75) is 25.3 Å². The minimum absolute atomic E-state index is 0.109. The van der Waals surface area contributed by atoms with Crippen molar-refractivity contribution < 1.29 is 13.3 Å². The number of halogens is 2. The second-order valence-corrected chi connectivity index (χ2v) is 7.07. The molecule has 5 rings (SSSR count). The Morgan fingerprint density at radius 2 is 2.07 bits per heavy atom. The molecule has 144 valence electrons. The number of likely N-dealkylation sites (tertiary alicyclic amines) is 1. The van der Waals surface area contributed by atoms with Crippen LogP contribution in [0, 0.1) is 0 Å². The summed E-state index contributed by atoms with van der Waals surface area (Å²) in [5.41, 5.74) is 3.79. The molecule has 9 heteroatoms. The number of hydrogen-bond acceptors (Lipinski definition) is 6. The monoisotopic (exact) mass is 384 g/mol. The Morgan fingerprint density at radius 1 is 1.21 bits per heavy atom. The number of anilines is 2. The molecule has 0 atom stereocenters. The van der Waals surface area contributed by atoms with Crippen molar-refractivity contribution in [1.82, 2.24) is 25.2 Å². The fourth-order valence-corrected chi connectivity index (χ4v) is 3.51. The number of nitrogens with one attached hydrogen (secondary N) is 2. The van der Waals surface area contributed by atoms with Crippen LogP contribution in [0.25, 0.3) is 22.0 Å². The van der Waals surface area contributed by atoms with Gasteiger partial charge >= 0.3 is 0 Å². The molecule has 0 unspecified atom stereocenters. The summed E-state index contributed by atoms with van der Waals surface area (Å²) in [5, 5.41) is 15.4. The number of pyridine rings is 1.